The Balaban J connectivity index is 1.90. The lowest BCUT2D eigenvalue weighted by atomic mass is 9.70. The number of allylic oxidation sites excluding steroid dienone is 4. The van der Waals surface area contributed by atoms with Gasteiger partial charge < -0.3 is 0 Å². The van der Waals surface area contributed by atoms with Gasteiger partial charge in [-0.05, 0) is 58.3 Å². The lowest BCUT2D eigenvalue weighted by Gasteiger charge is -2.34. The number of ketones is 1. The topological polar surface area (TPSA) is 17.1 Å². The molecule has 0 aromatic carbocycles. The van der Waals surface area contributed by atoms with Gasteiger partial charge in [0, 0.05) is 12.3 Å². The summed E-state index contributed by atoms with van der Waals surface area (Å²) in [6, 6.07) is 0. The molecule has 0 N–H and O–H groups in total. The fourth-order valence-electron chi connectivity index (χ4n) is 3.22. The molecule has 2 aliphatic carbocycles. The molecule has 0 amide bonds. The standard InChI is InChI=1S/C16H24O/c1-12(2)5-3-6-13-9-10-15-14(11-13)7-4-8-16(15)17/h5,9,14-15H,3-4,6-8,10-11H2,1-2H3/t14-,15+/m0/s1. The van der Waals surface area contributed by atoms with E-state index in [0.717, 1.165) is 19.3 Å². The second kappa shape index (κ2) is 5.66. The highest BCUT2D eigenvalue weighted by Crippen LogP contribution is 2.39. The molecule has 1 fully saturated rings. The molecule has 17 heavy (non-hydrogen) atoms. The Morgan fingerprint density at radius 2 is 2.29 bits per heavy atom. The molecule has 0 aromatic rings. The van der Waals surface area contributed by atoms with Crippen molar-refractivity contribution < 1.29 is 4.79 Å². The number of hydrogen-bond acceptors (Lipinski definition) is 1. The van der Waals surface area contributed by atoms with Gasteiger partial charge in [0.1, 0.15) is 5.78 Å². The van der Waals surface area contributed by atoms with Gasteiger partial charge in [-0.3, -0.25) is 4.79 Å². The summed E-state index contributed by atoms with van der Waals surface area (Å²) in [4.78, 5) is 11.8. The zero-order valence-electron chi connectivity index (χ0n) is 11.2. The zero-order chi connectivity index (χ0) is 12.3. The first kappa shape index (κ1) is 12.6. The van der Waals surface area contributed by atoms with Crippen molar-refractivity contribution in [1.29, 1.82) is 0 Å². The fraction of sp³-hybridized carbons (Fsp3) is 0.688. The van der Waals surface area contributed by atoms with Gasteiger partial charge in [0.15, 0.2) is 0 Å². The zero-order valence-corrected chi connectivity index (χ0v) is 11.2. The maximum Gasteiger partial charge on any atom is 0.136 e. The van der Waals surface area contributed by atoms with E-state index in [4.69, 9.17) is 0 Å². The van der Waals surface area contributed by atoms with E-state index in [1.54, 1.807) is 5.57 Å². The molecule has 1 heteroatoms. The molecular formula is C16H24O. The molecule has 1 nitrogen and oxygen atoms in total. The van der Waals surface area contributed by atoms with Crippen molar-refractivity contribution in [1.82, 2.24) is 0 Å². The Bertz CT molecular complexity index is 345. The number of carbonyl (C=O) groups excluding carboxylic acids is 1. The normalized spacial score (nSPS) is 28.4. The minimum absolute atomic E-state index is 0.371. The van der Waals surface area contributed by atoms with Gasteiger partial charge in [-0.2, -0.15) is 0 Å². The molecule has 0 saturated heterocycles. The van der Waals surface area contributed by atoms with Crippen molar-refractivity contribution >= 4 is 5.78 Å². The van der Waals surface area contributed by atoms with Crippen LogP contribution in [-0.2, 0) is 4.79 Å². The van der Waals surface area contributed by atoms with Gasteiger partial charge >= 0.3 is 0 Å². The molecule has 0 aromatic heterocycles. The van der Waals surface area contributed by atoms with Crippen molar-refractivity contribution in [3.63, 3.8) is 0 Å². The summed E-state index contributed by atoms with van der Waals surface area (Å²) < 4.78 is 0. The Kier molecular flexibility index (Phi) is 4.20. The first-order valence-electron chi connectivity index (χ1n) is 7.01. The molecule has 0 spiro atoms. The van der Waals surface area contributed by atoms with Gasteiger partial charge in [-0.1, -0.05) is 23.3 Å². The summed E-state index contributed by atoms with van der Waals surface area (Å²) in [7, 11) is 0. The molecule has 2 rings (SSSR count). The predicted molar refractivity (Wildman–Crippen MR) is 71.8 cm³/mol. The van der Waals surface area contributed by atoms with Gasteiger partial charge in [0.05, 0.1) is 0 Å². The van der Waals surface area contributed by atoms with Gasteiger partial charge in [-0.25, -0.2) is 0 Å². The average Bonchev–Trinajstić information content (AvgIpc) is 2.29. The molecule has 0 radical (unpaired) electrons. The summed E-state index contributed by atoms with van der Waals surface area (Å²) in [6.07, 6.45) is 12.5. The van der Waals surface area contributed by atoms with Crippen LogP contribution in [0.25, 0.3) is 0 Å². The van der Waals surface area contributed by atoms with E-state index in [-0.39, 0.29) is 0 Å². The molecule has 1 saturated carbocycles. The molecule has 2 aliphatic rings. The molecule has 0 heterocycles. The van der Waals surface area contributed by atoms with Crippen molar-refractivity contribution in [2.45, 2.75) is 58.8 Å². The Labute approximate surface area is 105 Å². The fourth-order valence-corrected chi connectivity index (χ4v) is 3.22. The first-order chi connectivity index (χ1) is 8.16. The SMILES string of the molecule is CC(C)=CCCC1=CC[C@H]2C(=O)CCC[C@H]2C1. The van der Waals surface area contributed by atoms with E-state index < -0.39 is 0 Å². The van der Waals surface area contributed by atoms with Crippen molar-refractivity contribution in [2.75, 3.05) is 0 Å². The van der Waals surface area contributed by atoms with Crippen molar-refractivity contribution in [3.8, 4) is 0 Å². The summed E-state index contributed by atoms with van der Waals surface area (Å²) in [5.41, 5.74) is 3.01. The van der Waals surface area contributed by atoms with E-state index in [1.807, 2.05) is 0 Å². The van der Waals surface area contributed by atoms with Crippen LogP contribution in [0, 0.1) is 11.8 Å². The van der Waals surface area contributed by atoms with Crippen LogP contribution >= 0.6 is 0 Å². The number of carbonyl (C=O) groups is 1. The largest absolute Gasteiger partial charge is 0.299 e. The molecule has 0 aliphatic heterocycles. The highest BCUT2D eigenvalue weighted by molar-refractivity contribution is 5.82. The molecule has 0 unspecified atom stereocenters. The highest BCUT2D eigenvalue weighted by atomic mass is 16.1. The highest BCUT2D eigenvalue weighted by Gasteiger charge is 2.33. The van der Waals surface area contributed by atoms with Crippen LogP contribution in [0.1, 0.15) is 58.8 Å². The van der Waals surface area contributed by atoms with Crippen LogP contribution in [0.2, 0.25) is 0 Å². The number of rotatable bonds is 3. The quantitative estimate of drug-likeness (QED) is 0.657. The summed E-state index contributed by atoms with van der Waals surface area (Å²) >= 11 is 0. The monoisotopic (exact) mass is 232 g/mol. The van der Waals surface area contributed by atoms with Gasteiger partial charge in [0.25, 0.3) is 0 Å². The third-order valence-corrected chi connectivity index (χ3v) is 4.18. The molecule has 2 atom stereocenters. The predicted octanol–water partition coefficient (Wildman–Crippen LogP) is 4.44. The van der Waals surface area contributed by atoms with Crippen molar-refractivity contribution in [3.05, 3.63) is 23.3 Å². The molecular weight excluding hydrogens is 208 g/mol. The van der Waals surface area contributed by atoms with Gasteiger partial charge in [-0.15, -0.1) is 0 Å². The lowest BCUT2D eigenvalue weighted by molar-refractivity contribution is -0.126. The van der Waals surface area contributed by atoms with Crippen LogP contribution in [0.5, 0.6) is 0 Å². The van der Waals surface area contributed by atoms with Crippen LogP contribution in [0.4, 0.5) is 0 Å². The second-order valence-electron chi connectivity index (χ2n) is 5.85. The first-order valence-corrected chi connectivity index (χ1v) is 7.01. The minimum Gasteiger partial charge on any atom is -0.299 e. The van der Waals surface area contributed by atoms with Crippen LogP contribution in [-0.4, -0.2) is 5.78 Å². The maximum atomic E-state index is 11.8. The van der Waals surface area contributed by atoms with Crippen LogP contribution in [0.15, 0.2) is 23.3 Å². The van der Waals surface area contributed by atoms with E-state index in [2.05, 4.69) is 26.0 Å². The van der Waals surface area contributed by atoms with E-state index in [0.29, 0.717) is 17.6 Å². The Morgan fingerprint density at radius 3 is 3.06 bits per heavy atom. The minimum atomic E-state index is 0.371. The maximum absolute atomic E-state index is 11.8. The average molecular weight is 232 g/mol. The second-order valence-corrected chi connectivity index (χ2v) is 5.85. The Morgan fingerprint density at radius 1 is 1.47 bits per heavy atom. The molecule has 0 bridgehead atoms. The van der Waals surface area contributed by atoms with Crippen LogP contribution in [0.3, 0.4) is 0 Å². The lowest BCUT2D eigenvalue weighted by Crippen LogP contribution is -2.30. The van der Waals surface area contributed by atoms with E-state index in [1.165, 1.54) is 31.3 Å². The Hall–Kier alpha value is -0.850. The van der Waals surface area contributed by atoms with Gasteiger partial charge in [0.2, 0.25) is 0 Å². The number of fused-ring (bicyclic) bond motifs is 1. The van der Waals surface area contributed by atoms with Crippen LogP contribution < -0.4 is 0 Å². The number of hydrogen-bond donors (Lipinski definition) is 0. The number of Topliss-reactive ketones (excluding diaryl/α,β-unsaturated/α-hetero) is 1. The summed E-state index contributed by atoms with van der Waals surface area (Å²) in [6.45, 7) is 4.32. The van der Waals surface area contributed by atoms with E-state index in [9.17, 15) is 4.79 Å². The third kappa shape index (κ3) is 3.31. The molecule has 94 valence electrons. The van der Waals surface area contributed by atoms with Crippen molar-refractivity contribution in [2.24, 2.45) is 11.8 Å². The summed E-state index contributed by atoms with van der Waals surface area (Å²) in [5, 5.41) is 0. The summed E-state index contributed by atoms with van der Waals surface area (Å²) in [5.74, 6) is 1.57. The van der Waals surface area contributed by atoms with E-state index >= 15 is 0 Å². The smallest absolute Gasteiger partial charge is 0.136 e. The third-order valence-electron chi connectivity index (χ3n) is 4.18.